The molecule has 0 aliphatic rings. The molecule has 0 fully saturated rings. The lowest BCUT2D eigenvalue weighted by atomic mass is 9.93. The third kappa shape index (κ3) is 4.12. The number of hydrogen-bond acceptors (Lipinski definition) is 3. The maximum absolute atomic E-state index is 12.9. The van der Waals surface area contributed by atoms with Crippen molar-refractivity contribution in [2.75, 3.05) is 12.4 Å². The van der Waals surface area contributed by atoms with Gasteiger partial charge in [-0.1, -0.05) is 29.8 Å². The molecular formula is C24H23NO3. The quantitative estimate of drug-likeness (QED) is 0.633. The van der Waals surface area contributed by atoms with Gasteiger partial charge in [-0.15, -0.1) is 0 Å². The highest BCUT2D eigenvalue weighted by Gasteiger charge is 2.16. The second kappa shape index (κ2) is 8.09. The molecule has 3 aromatic rings. The Morgan fingerprint density at radius 1 is 0.786 bits per heavy atom. The van der Waals surface area contributed by atoms with E-state index in [9.17, 15) is 9.59 Å². The fourth-order valence-corrected chi connectivity index (χ4v) is 3.33. The highest BCUT2D eigenvalue weighted by molar-refractivity contribution is 6.11. The SMILES string of the molecule is COc1ccc(NC(=O)c2ccc(C(=O)c3c(C)cc(C)cc3C)cc2)cc1. The molecule has 0 aliphatic carbocycles. The van der Waals surface area contributed by atoms with Gasteiger partial charge in [0, 0.05) is 22.4 Å². The number of ketones is 1. The number of amides is 1. The van der Waals surface area contributed by atoms with Crippen LogP contribution >= 0.6 is 0 Å². The molecule has 1 amide bonds. The molecule has 0 saturated heterocycles. The Morgan fingerprint density at radius 3 is 1.86 bits per heavy atom. The number of carbonyl (C=O) groups excluding carboxylic acids is 2. The summed E-state index contributed by atoms with van der Waals surface area (Å²) in [6.07, 6.45) is 0. The van der Waals surface area contributed by atoms with Gasteiger partial charge in [0.15, 0.2) is 5.78 Å². The summed E-state index contributed by atoms with van der Waals surface area (Å²) >= 11 is 0. The number of nitrogens with one attached hydrogen (secondary N) is 1. The van der Waals surface area contributed by atoms with Crippen LogP contribution in [-0.4, -0.2) is 18.8 Å². The zero-order valence-corrected chi connectivity index (χ0v) is 16.5. The zero-order chi connectivity index (χ0) is 20.3. The Kier molecular flexibility index (Phi) is 5.59. The molecule has 0 spiro atoms. The Hall–Kier alpha value is -3.40. The maximum Gasteiger partial charge on any atom is 0.255 e. The summed E-state index contributed by atoms with van der Waals surface area (Å²) in [7, 11) is 1.59. The van der Waals surface area contributed by atoms with Crippen LogP contribution in [0.2, 0.25) is 0 Å². The van der Waals surface area contributed by atoms with Gasteiger partial charge in [0.1, 0.15) is 5.75 Å². The van der Waals surface area contributed by atoms with Crippen LogP contribution in [-0.2, 0) is 0 Å². The average Bonchev–Trinajstić information content (AvgIpc) is 2.67. The number of carbonyl (C=O) groups is 2. The predicted octanol–water partition coefficient (Wildman–Crippen LogP) is 5.10. The van der Waals surface area contributed by atoms with Gasteiger partial charge in [0.25, 0.3) is 5.91 Å². The number of methoxy groups -OCH3 is 1. The van der Waals surface area contributed by atoms with Gasteiger partial charge in [-0.2, -0.15) is 0 Å². The summed E-state index contributed by atoms with van der Waals surface area (Å²) in [5.41, 5.74) is 5.52. The molecule has 3 rings (SSSR count). The van der Waals surface area contributed by atoms with Crippen LogP contribution < -0.4 is 10.1 Å². The maximum atomic E-state index is 12.9. The standard InChI is InChI=1S/C24H23NO3/c1-15-13-16(2)22(17(3)14-15)23(26)18-5-7-19(8-6-18)24(27)25-20-9-11-21(28-4)12-10-20/h5-14H,1-4H3,(H,25,27). The lowest BCUT2D eigenvalue weighted by Crippen LogP contribution is -2.12. The molecule has 0 aliphatic heterocycles. The van der Waals surface area contributed by atoms with Crippen LogP contribution in [0, 0.1) is 20.8 Å². The summed E-state index contributed by atoms with van der Waals surface area (Å²) < 4.78 is 5.11. The van der Waals surface area contributed by atoms with Gasteiger partial charge in [-0.05, 0) is 68.3 Å². The number of rotatable bonds is 5. The van der Waals surface area contributed by atoms with Gasteiger partial charge in [0.2, 0.25) is 0 Å². The van der Waals surface area contributed by atoms with Gasteiger partial charge >= 0.3 is 0 Å². The van der Waals surface area contributed by atoms with Crippen LogP contribution in [0.4, 0.5) is 5.69 Å². The summed E-state index contributed by atoms with van der Waals surface area (Å²) in [6.45, 7) is 5.91. The second-order valence-corrected chi connectivity index (χ2v) is 6.86. The molecule has 4 heteroatoms. The van der Waals surface area contributed by atoms with Crippen LogP contribution in [0.1, 0.15) is 43.0 Å². The van der Waals surface area contributed by atoms with Crippen LogP contribution in [0.3, 0.4) is 0 Å². The van der Waals surface area contributed by atoms with E-state index in [1.807, 2.05) is 32.9 Å². The summed E-state index contributed by atoms with van der Waals surface area (Å²) in [5.74, 6) is 0.464. The summed E-state index contributed by atoms with van der Waals surface area (Å²) in [5, 5.41) is 2.83. The molecule has 0 radical (unpaired) electrons. The van der Waals surface area contributed by atoms with Gasteiger partial charge in [0.05, 0.1) is 7.11 Å². The van der Waals surface area contributed by atoms with Crippen LogP contribution in [0.15, 0.2) is 60.7 Å². The molecule has 4 nitrogen and oxygen atoms in total. The summed E-state index contributed by atoms with van der Waals surface area (Å²) in [6, 6.07) is 17.9. The monoisotopic (exact) mass is 373 g/mol. The number of ether oxygens (including phenoxy) is 1. The molecule has 0 saturated carbocycles. The van der Waals surface area contributed by atoms with Crippen molar-refractivity contribution < 1.29 is 14.3 Å². The highest BCUT2D eigenvalue weighted by Crippen LogP contribution is 2.21. The lowest BCUT2D eigenvalue weighted by Gasteiger charge is -2.11. The smallest absolute Gasteiger partial charge is 0.255 e. The highest BCUT2D eigenvalue weighted by atomic mass is 16.5. The van der Waals surface area contributed by atoms with E-state index in [1.54, 1.807) is 55.6 Å². The van der Waals surface area contributed by atoms with E-state index in [2.05, 4.69) is 5.32 Å². The first kappa shape index (κ1) is 19.4. The van der Waals surface area contributed by atoms with Crippen molar-refractivity contribution in [2.45, 2.75) is 20.8 Å². The number of anilines is 1. The minimum Gasteiger partial charge on any atom is -0.497 e. The third-order valence-corrected chi connectivity index (χ3v) is 4.66. The molecule has 0 unspecified atom stereocenters. The van der Waals surface area contributed by atoms with Crippen molar-refractivity contribution in [2.24, 2.45) is 0 Å². The average molecular weight is 373 g/mol. The molecule has 3 aromatic carbocycles. The van der Waals surface area contributed by atoms with E-state index in [-0.39, 0.29) is 11.7 Å². The first-order valence-corrected chi connectivity index (χ1v) is 9.07. The van der Waals surface area contributed by atoms with E-state index >= 15 is 0 Å². The van der Waals surface area contributed by atoms with Crippen molar-refractivity contribution in [3.05, 3.63) is 94.0 Å². The molecule has 142 valence electrons. The Balaban J connectivity index is 1.77. The van der Waals surface area contributed by atoms with Gasteiger partial charge in [-0.3, -0.25) is 9.59 Å². The Bertz CT molecular complexity index is 996. The van der Waals surface area contributed by atoms with E-state index in [0.717, 1.165) is 28.0 Å². The molecule has 1 N–H and O–H groups in total. The predicted molar refractivity (Wildman–Crippen MR) is 111 cm³/mol. The van der Waals surface area contributed by atoms with E-state index in [4.69, 9.17) is 4.74 Å². The molecule has 0 heterocycles. The fraction of sp³-hybridized carbons (Fsp3) is 0.167. The van der Waals surface area contributed by atoms with E-state index in [0.29, 0.717) is 16.8 Å². The minimum atomic E-state index is -0.230. The lowest BCUT2D eigenvalue weighted by molar-refractivity contribution is 0.101. The largest absolute Gasteiger partial charge is 0.497 e. The van der Waals surface area contributed by atoms with Gasteiger partial charge in [-0.25, -0.2) is 0 Å². The Labute approximate surface area is 165 Å². The topological polar surface area (TPSA) is 55.4 Å². The van der Waals surface area contributed by atoms with Crippen molar-refractivity contribution in [3.8, 4) is 5.75 Å². The zero-order valence-electron chi connectivity index (χ0n) is 16.5. The number of hydrogen-bond donors (Lipinski definition) is 1. The molecule has 0 bridgehead atoms. The molecule has 0 aromatic heterocycles. The molecule has 0 atom stereocenters. The summed E-state index contributed by atoms with van der Waals surface area (Å²) in [4.78, 5) is 25.4. The van der Waals surface area contributed by atoms with E-state index < -0.39 is 0 Å². The Morgan fingerprint density at radius 2 is 1.32 bits per heavy atom. The molecule has 28 heavy (non-hydrogen) atoms. The van der Waals surface area contributed by atoms with Crippen molar-refractivity contribution >= 4 is 17.4 Å². The fourth-order valence-electron chi connectivity index (χ4n) is 3.33. The third-order valence-electron chi connectivity index (χ3n) is 4.66. The minimum absolute atomic E-state index is 0.0305. The molecular weight excluding hydrogens is 350 g/mol. The van der Waals surface area contributed by atoms with Crippen LogP contribution in [0.5, 0.6) is 5.75 Å². The first-order valence-electron chi connectivity index (χ1n) is 9.07. The number of aryl methyl sites for hydroxylation is 3. The van der Waals surface area contributed by atoms with Crippen molar-refractivity contribution in [1.82, 2.24) is 0 Å². The number of benzene rings is 3. The second-order valence-electron chi connectivity index (χ2n) is 6.86. The first-order chi connectivity index (χ1) is 13.4. The normalized spacial score (nSPS) is 10.4. The van der Waals surface area contributed by atoms with Crippen molar-refractivity contribution in [1.29, 1.82) is 0 Å². The van der Waals surface area contributed by atoms with Crippen molar-refractivity contribution in [3.63, 3.8) is 0 Å². The van der Waals surface area contributed by atoms with Crippen LogP contribution in [0.25, 0.3) is 0 Å². The van der Waals surface area contributed by atoms with Gasteiger partial charge < -0.3 is 10.1 Å². The van der Waals surface area contributed by atoms with E-state index in [1.165, 1.54) is 0 Å².